The van der Waals surface area contributed by atoms with E-state index in [0.29, 0.717) is 22.8 Å². The van der Waals surface area contributed by atoms with Crippen molar-refractivity contribution in [1.82, 2.24) is 10.4 Å². The number of ether oxygens (including phenoxy) is 1. The maximum Gasteiger partial charge on any atom is 0.285 e. The average molecular weight is 525 g/mol. The molecule has 1 aliphatic heterocycles. The molecule has 1 N–H and O–H groups in total. The average Bonchev–Trinajstić information content (AvgIpc) is 3.07. The van der Waals surface area contributed by atoms with Crippen LogP contribution in [0.5, 0.6) is 5.75 Å². The van der Waals surface area contributed by atoms with E-state index >= 15 is 0 Å². The Kier molecular flexibility index (Phi) is 7.04. The van der Waals surface area contributed by atoms with Crippen molar-refractivity contribution in [2.24, 2.45) is 0 Å². The number of hydrazine groups is 1. The summed E-state index contributed by atoms with van der Waals surface area (Å²) in [5.41, 5.74) is 4.90. The van der Waals surface area contributed by atoms with Gasteiger partial charge in [0.05, 0.1) is 9.38 Å². The molecule has 1 aliphatic rings. The number of thiocarbonyl (C=S) groups is 1. The van der Waals surface area contributed by atoms with Gasteiger partial charge in [0.1, 0.15) is 12.4 Å². The third-order valence-electron chi connectivity index (χ3n) is 4.53. The summed E-state index contributed by atoms with van der Waals surface area (Å²) in [6.45, 7) is 0.457. The van der Waals surface area contributed by atoms with Crippen LogP contribution in [0.25, 0.3) is 6.08 Å². The maximum atomic E-state index is 12.8. The number of carbonyl (C=O) groups excluding carboxylic acids is 2. The van der Waals surface area contributed by atoms with E-state index in [0.717, 1.165) is 32.4 Å². The number of hydrogen-bond acceptors (Lipinski definition) is 5. The van der Waals surface area contributed by atoms with Crippen molar-refractivity contribution in [3.8, 4) is 5.75 Å². The minimum absolute atomic E-state index is 0.271. The highest BCUT2D eigenvalue weighted by Gasteiger charge is 2.33. The molecule has 3 aromatic rings. The largest absolute Gasteiger partial charge is 0.488 e. The van der Waals surface area contributed by atoms with Crippen molar-refractivity contribution in [3.63, 3.8) is 0 Å². The number of rotatable bonds is 6. The van der Waals surface area contributed by atoms with Gasteiger partial charge in [0.2, 0.25) is 0 Å². The fourth-order valence-corrected chi connectivity index (χ4v) is 4.62. The fraction of sp³-hybridized carbons (Fsp3) is 0.0417. The molecule has 1 saturated heterocycles. The molecular weight excluding hydrogens is 508 g/mol. The molecule has 1 fully saturated rings. The highest BCUT2D eigenvalue weighted by atomic mass is 79.9. The zero-order valence-electron chi connectivity index (χ0n) is 16.7. The number of halogens is 1. The topological polar surface area (TPSA) is 58.6 Å². The summed E-state index contributed by atoms with van der Waals surface area (Å²) in [6, 6.07) is 24.1. The van der Waals surface area contributed by atoms with Crippen molar-refractivity contribution in [2.45, 2.75) is 6.61 Å². The highest BCUT2D eigenvalue weighted by molar-refractivity contribution is 9.10. The van der Waals surface area contributed by atoms with E-state index in [4.69, 9.17) is 17.0 Å². The van der Waals surface area contributed by atoms with E-state index in [1.807, 2.05) is 54.6 Å². The molecular formula is C24H17BrN2O3S2. The molecule has 5 nitrogen and oxygen atoms in total. The van der Waals surface area contributed by atoms with Crippen LogP contribution in [0, 0.1) is 0 Å². The summed E-state index contributed by atoms with van der Waals surface area (Å²) >= 11 is 9.96. The molecule has 2 amide bonds. The van der Waals surface area contributed by atoms with Crippen molar-refractivity contribution in [3.05, 3.63) is 105 Å². The summed E-state index contributed by atoms with van der Waals surface area (Å²) in [5, 5.41) is 1.10. The monoisotopic (exact) mass is 524 g/mol. The highest BCUT2D eigenvalue weighted by Crippen LogP contribution is 2.33. The number of benzene rings is 3. The lowest BCUT2D eigenvalue weighted by Crippen LogP contribution is -2.44. The quantitative estimate of drug-likeness (QED) is 0.337. The van der Waals surface area contributed by atoms with Crippen LogP contribution in [-0.2, 0) is 11.4 Å². The molecule has 0 unspecified atom stereocenters. The molecule has 160 valence electrons. The van der Waals surface area contributed by atoms with E-state index in [1.165, 1.54) is 0 Å². The minimum atomic E-state index is -0.397. The Bertz CT molecular complexity index is 1200. The van der Waals surface area contributed by atoms with Gasteiger partial charge >= 0.3 is 0 Å². The minimum Gasteiger partial charge on any atom is -0.488 e. The maximum absolute atomic E-state index is 12.8. The SMILES string of the molecule is O=C(NN1C(=O)/C(=C\c2ccc(OCc3ccccc3)c(Br)c2)SC1=S)c1ccccc1. The Morgan fingerprint density at radius 1 is 1.06 bits per heavy atom. The molecule has 4 rings (SSSR count). The first-order chi connectivity index (χ1) is 15.5. The molecule has 3 aromatic carbocycles. The van der Waals surface area contributed by atoms with Gasteiger partial charge in [-0.2, -0.15) is 5.01 Å². The molecule has 1 heterocycles. The summed E-state index contributed by atoms with van der Waals surface area (Å²) in [4.78, 5) is 25.6. The van der Waals surface area contributed by atoms with Gasteiger partial charge in [0.25, 0.3) is 11.8 Å². The zero-order valence-corrected chi connectivity index (χ0v) is 19.9. The lowest BCUT2D eigenvalue weighted by Gasteiger charge is -2.15. The van der Waals surface area contributed by atoms with Crippen LogP contribution in [0.4, 0.5) is 0 Å². The normalized spacial score (nSPS) is 14.7. The molecule has 0 atom stereocenters. The van der Waals surface area contributed by atoms with Crippen molar-refractivity contribution in [2.75, 3.05) is 0 Å². The molecule has 0 aromatic heterocycles. The second kappa shape index (κ2) is 10.1. The molecule has 0 spiro atoms. The molecule has 0 bridgehead atoms. The van der Waals surface area contributed by atoms with Crippen molar-refractivity contribution in [1.29, 1.82) is 0 Å². The predicted octanol–water partition coefficient (Wildman–Crippen LogP) is 5.57. The van der Waals surface area contributed by atoms with Crippen LogP contribution >= 0.6 is 39.9 Å². The van der Waals surface area contributed by atoms with Crippen molar-refractivity contribution < 1.29 is 14.3 Å². The van der Waals surface area contributed by atoms with Crippen LogP contribution in [0.1, 0.15) is 21.5 Å². The second-order valence-electron chi connectivity index (χ2n) is 6.79. The second-order valence-corrected chi connectivity index (χ2v) is 9.32. The van der Waals surface area contributed by atoms with Crippen LogP contribution < -0.4 is 10.2 Å². The first-order valence-corrected chi connectivity index (χ1v) is 11.6. The summed E-state index contributed by atoms with van der Waals surface area (Å²) in [6.07, 6.45) is 1.74. The number of nitrogens with one attached hydrogen (secondary N) is 1. The Labute approximate surface area is 203 Å². The van der Waals surface area contributed by atoms with Gasteiger partial charge in [-0.1, -0.05) is 66.4 Å². The molecule has 0 radical (unpaired) electrons. The van der Waals surface area contributed by atoms with Gasteiger partial charge in [0, 0.05) is 5.56 Å². The smallest absolute Gasteiger partial charge is 0.285 e. The third-order valence-corrected chi connectivity index (χ3v) is 6.46. The van der Waals surface area contributed by atoms with Crippen LogP contribution in [0.3, 0.4) is 0 Å². The first-order valence-electron chi connectivity index (χ1n) is 9.61. The van der Waals surface area contributed by atoms with E-state index in [2.05, 4.69) is 21.4 Å². The van der Waals surface area contributed by atoms with Crippen LogP contribution in [0.2, 0.25) is 0 Å². The number of nitrogens with zero attached hydrogens (tertiary/aromatic N) is 1. The van der Waals surface area contributed by atoms with Gasteiger partial charge in [-0.25, -0.2) is 0 Å². The summed E-state index contributed by atoms with van der Waals surface area (Å²) < 4.78 is 6.92. The van der Waals surface area contributed by atoms with E-state index < -0.39 is 5.91 Å². The van der Waals surface area contributed by atoms with E-state index in [1.54, 1.807) is 30.3 Å². The van der Waals surface area contributed by atoms with E-state index in [-0.39, 0.29) is 10.2 Å². The van der Waals surface area contributed by atoms with Gasteiger partial charge in [-0.15, -0.1) is 0 Å². The summed E-state index contributed by atoms with van der Waals surface area (Å²) in [5.74, 6) is -0.0655. The van der Waals surface area contributed by atoms with Gasteiger partial charge in [-0.05, 0) is 69.6 Å². The van der Waals surface area contributed by atoms with Crippen LogP contribution in [0.15, 0.2) is 88.2 Å². The lowest BCUT2D eigenvalue weighted by atomic mass is 10.2. The predicted molar refractivity (Wildman–Crippen MR) is 134 cm³/mol. The third kappa shape index (κ3) is 5.27. The Hall–Kier alpha value is -2.94. The van der Waals surface area contributed by atoms with Crippen molar-refractivity contribution >= 4 is 62.1 Å². The van der Waals surface area contributed by atoms with Gasteiger partial charge in [0.15, 0.2) is 4.32 Å². The lowest BCUT2D eigenvalue weighted by molar-refractivity contribution is -0.123. The first kappa shape index (κ1) is 22.3. The number of hydrogen-bond donors (Lipinski definition) is 1. The number of thioether (sulfide) groups is 1. The van der Waals surface area contributed by atoms with E-state index in [9.17, 15) is 9.59 Å². The van der Waals surface area contributed by atoms with Crippen LogP contribution in [-0.4, -0.2) is 21.1 Å². The molecule has 32 heavy (non-hydrogen) atoms. The molecule has 8 heteroatoms. The molecule has 0 aliphatic carbocycles. The standard InChI is InChI=1S/C24H17BrN2O3S2/c25-19-13-17(11-12-20(19)30-15-16-7-3-1-4-8-16)14-21-23(29)27(24(31)32-21)26-22(28)18-9-5-2-6-10-18/h1-14H,15H2,(H,26,28)/b21-14+. The molecule has 0 saturated carbocycles. The Morgan fingerprint density at radius 3 is 2.44 bits per heavy atom. The Balaban J connectivity index is 1.44. The Morgan fingerprint density at radius 2 is 1.75 bits per heavy atom. The zero-order chi connectivity index (χ0) is 22.5. The van der Waals surface area contributed by atoms with Gasteiger partial charge in [-0.3, -0.25) is 15.0 Å². The fourth-order valence-electron chi connectivity index (χ4n) is 2.93. The number of carbonyl (C=O) groups is 2. The number of amides is 2. The van der Waals surface area contributed by atoms with Gasteiger partial charge < -0.3 is 4.74 Å². The summed E-state index contributed by atoms with van der Waals surface area (Å²) in [7, 11) is 0.